The van der Waals surface area contributed by atoms with Crippen molar-refractivity contribution >= 4 is 12.6 Å². The first kappa shape index (κ1) is 11.0. The fourth-order valence-corrected chi connectivity index (χ4v) is 7.83. The molecule has 3 atom stereocenters. The molecule has 1 aromatic rings. The highest BCUT2D eigenvalue weighted by molar-refractivity contribution is 7.85. The molecule has 0 amide bonds. The third-order valence-corrected chi connectivity index (χ3v) is 9.18. The van der Waals surface area contributed by atoms with Crippen molar-refractivity contribution in [3.8, 4) is 0 Å². The molecule has 0 nitrogen and oxygen atoms in total. The van der Waals surface area contributed by atoms with E-state index in [1.54, 1.807) is 5.30 Å². The van der Waals surface area contributed by atoms with Gasteiger partial charge in [-0.2, -0.15) is 0 Å². The molecule has 2 aliphatic rings. The van der Waals surface area contributed by atoms with Crippen LogP contribution in [0.4, 0.5) is 0 Å². The van der Waals surface area contributed by atoms with Crippen molar-refractivity contribution in [3.05, 3.63) is 66.8 Å². The second-order valence-electron chi connectivity index (χ2n) is 4.72. The maximum atomic E-state index is 2.43. The fourth-order valence-electron chi connectivity index (χ4n) is 3.18. The highest BCUT2D eigenvalue weighted by Crippen LogP contribution is 2.70. The SMILES string of the molecule is CC[P+]1(c2ccccc2)[C@@H]2C=CC=C[C@H]1C=C2. The molecule has 0 radical (unpaired) electrons. The predicted octanol–water partition coefficient (Wildman–Crippen LogP) is 3.78. The van der Waals surface area contributed by atoms with Crippen molar-refractivity contribution in [1.29, 1.82) is 0 Å². The van der Waals surface area contributed by atoms with Crippen LogP contribution in [-0.2, 0) is 0 Å². The van der Waals surface area contributed by atoms with Gasteiger partial charge < -0.3 is 0 Å². The van der Waals surface area contributed by atoms with E-state index in [1.165, 1.54) is 6.16 Å². The molecular weight excluding hydrogens is 223 g/mol. The van der Waals surface area contributed by atoms with E-state index < -0.39 is 7.26 Å². The van der Waals surface area contributed by atoms with Crippen LogP contribution in [0.3, 0.4) is 0 Å². The summed E-state index contributed by atoms with van der Waals surface area (Å²) >= 11 is 0. The van der Waals surface area contributed by atoms with Crippen molar-refractivity contribution in [2.45, 2.75) is 18.2 Å². The average molecular weight is 241 g/mol. The van der Waals surface area contributed by atoms with E-state index in [1.807, 2.05) is 0 Å². The number of fused-ring (bicyclic) bond motifs is 2. The molecule has 17 heavy (non-hydrogen) atoms. The molecule has 1 aromatic carbocycles. The van der Waals surface area contributed by atoms with Gasteiger partial charge in [-0.25, -0.2) is 0 Å². The molecule has 0 fully saturated rings. The summed E-state index contributed by atoms with van der Waals surface area (Å²) in [6, 6.07) is 11.2. The predicted molar refractivity (Wildman–Crippen MR) is 78.5 cm³/mol. The van der Waals surface area contributed by atoms with Crippen LogP contribution in [0.1, 0.15) is 6.92 Å². The first-order valence-corrected chi connectivity index (χ1v) is 8.45. The van der Waals surface area contributed by atoms with E-state index in [-0.39, 0.29) is 0 Å². The van der Waals surface area contributed by atoms with Crippen LogP contribution in [0, 0.1) is 0 Å². The molecule has 0 saturated carbocycles. The summed E-state index contributed by atoms with van der Waals surface area (Å²) in [6.45, 7) is 2.36. The zero-order valence-electron chi connectivity index (χ0n) is 10.2. The van der Waals surface area contributed by atoms with Gasteiger partial charge in [0.1, 0.15) is 11.3 Å². The molecule has 0 N–H and O–H groups in total. The maximum absolute atomic E-state index is 2.43. The van der Waals surface area contributed by atoms with E-state index in [0.29, 0.717) is 11.3 Å². The molecule has 0 saturated heterocycles. The van der Waals surface area contributed by atoms with Gasteiger partial charge in [0.15, 0.2) is 0 Å². The van der Waals surface area contributed by atoms with Gasteiger partial charge in [0.05, 0.1) is 18.7 Å². The van der Waals surface area contributed by atoms with Gasteiger partial charge in [-0.15, -0.1) is 0 Å². The topological polar surface area (TPSA) is 0 Å². The summed E-state index contributed by atoms with van der Waals surface area (Å²) in [6.07, 6.45) is 15.4. The zero-order valence-corrected chi connectivity index (χ0v) is 11.1. The molecule has 0 aromatic heterocycles. The van der Waals surface area contributed by atoms with E-state index in [2.05, 4.69) is 73.7 Å². The Balaban J connectivity index is 2.16. The Kier molecular flexibility index (Phi) is 2.76. The second kappa shape index (κ2) is 4.27. The number of hydrogen-bond acceptors (Lipinski definition) is 0. The van der Waals surface area contributed by atoms with Gasteiger partial charge in [-0.05, 0) is 43.4 Å². The standard InChI is InChI=1S/C16H18P/c1-2-17(14-8-4-3-5-9-14)15-10-6-7-11-16(17)13-12-15/h3-13,15-16H,2H2,1H3/q+1/t15-,16+,17?. The van der Waals surface area contributed by atoms with Crippen molar-refractivity contribution in [2.24, 2.45) is 0 Å². The normalized spacial score (nSPS) is 33.9. The highest BCUT2D eigenvalue weighted by atomic mass is 31.2. The van der Waals surface area contributed by atoms with E-state index in [9.17, 15) is 0 Å². The Bertz CT molecular complexity index is 460. The summed E-state index contributed by atoms with van der Waals surface area (Å²) in [5.74, 6) is 0. The van der Waals surface area contributed by atoms with E-state index in [4.69, 9.17) is 0 Å². The molecule has 1 unspecified atom stereocenters. The molecule has 3 rings (SSSR count). The fraction of sp³-hybridized carbons (Fsp3) is 0.250. The minimum atomic E-state index is -1.12. The summed E-state index contributed by atoms with van der Waals surface area (Å²) in [7, 11) is -1.12. The molecular formula is C16H18P+. The van der Waals surface area contributed by atoms with Crippen LogP contribution in [0.2, 0.25) is 0 Å². The third kappa shape index (κ3) is 1.55. The number of allylic oxidation sites excluding steroid dienone is 6. The van der Waals surface area contributed by atoms with Gasteiger partial charge in [-0.3, -0.25) is 0 Å². The lowest BCUT2D eigenvalue weighted by molar-refractivity contribution is 1.31. The lowest BCUT2D eigenvalue weighted by Crippen LogP contribution is -2.25. The van der Waals surface area contributed by atoms with Gasteiger partial charge in [-0.1, -0.05) is 30.4 Å². The second-order valence-corrected chi connectivity index (χ2v) is 8.92. The Hall–Kier alpha value is -1.13. The Labute approximate surface area is 104 Å². The summed E-state index contributed by atoms with van der Waals surface area (Å²) in [4.78, 5) is 0. The molecule has 86 valence electrons. The minimum absolute atomic E-state index is 0.648. The highest BCUT2D eigenvalue weighted by Gasteiger charge is 2.52. The van der Waals surface area contributed by atoms with E-state index >= 15 is 0 Å². The van der Waals surface area contributed by atoms with Gasteiger partial charge >= 0.3 is 0 Å². The monoisotopic (exact) mass is 241 g/mol. The molecule has 2 heterocycles. The quantitative estimate of drug-likeness (QED) is 0.546. The molecule has 0 spiro atoms. The van der Waals surface area contributed by atoms with Crippen molar-refractivity contribution in [3.63, 3.8) is 0 Å². The first-order valence-electron chi connectivity index (χ1n) is 6.34. The van der Waals surface area contributed by atoms with Crippen LogP contribution in [0.25, 0.3) is 0 Å². The Morgan fingerprint density at radius 3 is 2.00 bits per heavy atom. The minimum Gasteiger partial charge on any atom is -0.0622 e. The average Bonchev–Trinajstić information content (AvgIpc) is 2.60. The molecule has 0 aliphatic carbocycles. The first-order chi connectivity index (χ1) is 8.38. The Morgan fingerprint density at radius 1 is 0.882 bits per heavy atom. The summed E-state index contributed by atoms with van der Waals surface area (Å²) in [5, 5.41) is 1.58. The smallest absolute Gasteiger partial charge is 0.0622 e. The summed E-state index contributed by atoms with van der Waals surface area (Å²) < 4.78 is 0. The number of benzene rings is 1. The Morgan fingerprint density at radius 2 is 1.47 bits per heavy atom. The van der Waals surface area contributed by atoms with Crippen LogP contribution in [0.15, 0.2) is 66.8 Å². The lowest BCUT2D eigenvalue weighted by Gasteiger charge is -2.30. The van der Waals surface area contributed by atoms with Crippen LogP contribution in [-0.4, -0.2) is 17.5 Å². The third-order valence-electron chi connectivity index (χ3n) is 4.06. The van der Waals surface area contributed by atoms with Crippen molar-refractivity contribution in [2.75, 3.05) is 6.16 Å². The van der Waals surface area contributed by atoms with Gasteiger partial charge in [0, 0.05) is 0 Å². The van der Waals surface area contributed by atoms with Gasteiger partial charge in [0.2, 0.25) is 0 Å². The lowest BCUT2D eigenvalue weighted by atomic mass is 10.2. The van der Waals surface area contributed by atoms with Crippen LogP contribution < -0.4 is 5.30 Å². The van der Waals surface area contributed by atoms with E-state index in [0.717, 1.165) is 0 Å². The number of rotatable bonds is 2. The largest absolute Gasteiger partial charge is 0.112 e. The van der Waals surface area contributed by atoms with Crippen LogP contribution >= 0.6 is 7.26 Å². The molecule has 2 bridgehead atoms. The molecule has 2 aliphatic heterocycles. The van der Waals surface area contributed by atoms with Crippen molar-refractivity contribution < 1.29 is 0 Å². The maximum Gasteiger partial charge on any atom is 0.112 e. The van der Waals surface area contributed by atoms with Crippen molar-refractivity contribution in [1.82, 2.24) is 0 Å². The van der Waals surface area contributed by atoms with Gasteiger partial charge in [0.25, 0.3) is 0 Å². The number of hydrogen-bond donors (Lipinski definition) is 0. The summed E-state index contributed by atoms with van der Waals surface area (Å²) in [5.41, 5.74) is 1.30. The van der Waals surface area contributed by atoms with Crippen LogP contribution in [0.5, 0.6) is 0 Å². The molecule has 1 heteroatoms. The zero-order chi connectivity index (χ0) is 11.7.